The van der Waals surface area contributed by atoms with Gasteiger partial charge in [0.2, 0.25) is 10.0 Å². The standard InChI is InChI=1S/C13H20BrNO2S2/c1-10-12(9-13(14)18-10)19(16,17)15(2)11-7-5-3-4-6-8-11/h9,11H,3-8H2,1-2H3. The first-order chi connectivity index (χ1) is 8.93. The third-order valence-electron chi connectivity index (χ3n) is 3.84. The normalized spacial score (nSPS) is 18.7. The van der Waals surface area contributed by atoms with Crippen molar-refractivity contribution in [3.8, 4) is 0 Å². The molecule has 1 saturated carbocycles. The van der Waals surface area contributed by atoms with E-state index in [0.717, 1.165) is 34.3 Å². The van der Waals surface area contributed by atoms with Crippen molar-refractivity contribution >= 4 is 37.3 Å². The highest BCUT2D eigenvalue weighted by molar-refractivity contribution is 9.11. The first-order valence-electron chi connectivity index (χ1n) is 6.67. The molecule has 1 aromatic heterocycles. The fourth-order valence-corrected chi connectivity index (χ4v) is 6.46. The van der Waals surface area contributed by atoms with Gasteiger partial charge >= 0.3 is 0 Å². The Bertz CT molecular complexity index is 531. The fraction of sp³-hybridized carbons (Fsp3) is 0.692. The molecular formula is C13H20BrNO2S2. The molecule has 3 nitrogen and oxygen atoms in total. The van der Waals surface area contributed by atoms with E-state index >= 15 is 0 Å². The number of nitrogens with zero attached hydrogens (tertiary/aromatic N) is 1. The molecule has 6 heteroatoms. The molecule has 0 saturated heterocycles. The second kappa shape index (κ2) is 6.24. The molecule has 0 unspecified atom stereocenters. The number of thiophene rings is 1. The maximum absolute atomic E-state index is 12.7. The van der Waals surface area contributed by atoms with Gasteiger partial charge in [0.1, 0.15) is 0 Å². The van der Waals surface area contributed by atoms with E-state index in [1.807, 2.05) is 6.92 Å². The summed E-state index contributed by atoms with van der Waals surface area (Å²) in [6, 6.07) is 1.88. The van der Waals surface area contributed by atoms with Crippen molar-refractivity contribution in [3.63, 3.8) is 0 Å². The van der Waals surface area contributed by atoms with Crippen molar-refractivity contribution in [1.82, 2.24) is 4.31 Å². The minimum atomic E-state index is -3.35. The van der Waals surface area contributed by atoms with Gasteiger partial charge in [-0.1, -0.05) is 25.7 Å². The smallest absolute Gasteiger partial charge is 0.207 e. The highest BCUT2D eigenvalue weighted by Gasteiger charge is 2.30. The van der Waals surface area contributed by atoms with E-state index in [0.29, 0.717) is 4.90 Å². The molecule has 0 radical (unpaired) electrons. The summed E-state index contributed by atoms with van der Waals surface area (Å²) in [6.07, 6.45) is 6.70. The second-order valence-corrected chi connectivity index (χ2v) is 9.74. The van der Waals surface area contributed by atoms with Crippen LogP contribution in [0.1, 0.15) is 43.4 Å². The lowest BCUT2D eigenvalue weighted by atomic mass is 10.1. The minimum Gasteiger partial charge on any atom is -0.207 e. The number of aryl methyl sites for hydroxylation is 1. The zero-order chi connectivity index (χ0) is 14.0. The molecule has 1 aliphatic carbocycles. The number of halogens is 1. The van der Waals surface area contributed by atoms with Gasteiger partial charge in [-0.3, -0.25) is 0 Å². The average Bonchev–Trinajstić information content (AvgIpc) is 2.58. The van der Waals surface area contributed by atoms with E-state index in [4.69, 9.17) is 0 Å². The van der Waals surface area contributed by atoms with Gasteiger partial charge in [0, 0.05) is 18.0 Å². The van der Waals surface area contributed by atoms with Crippen LogP contribution in [0.2, 0.25) is 0 Å². The van der Waals surface area contributed by atoms with Crippen LogP contribution in [0.15, 0.2) is 14.7 Å². The molecule has 1 aromatic rings. The van der Waals surface area contributed by atoms with Crippen LogP contribution in [0.5, 0.6) is 0 Å². The van der Waals surface area contributed by atoms with E-state index < -0.39 is 10.0 Å². The van der Waals surface area contributed by atoms with Gasteiger partial charge in [0.15, 0.2) is 0 Å². The lowest BCUT2D eigenvalue weighted by Crippen LogP contribution is -2.36. The highest BCUT2D eigenvalue weighted by atomic mass is 79.9. The van der Waals surface area contributed by atoms with Crippen molar-refractivity contribution in [1.29, 1.82) is 0 Å². The van der Waals surface area contributed by atoms with Gasteiger partial charge < -0.3 is 0 Å². The molecule has 0 aromatic carbocycles. The molecule has 0 spiro atoms. The third-order valence-corrected chi connectivity index (χ3v) is 7.56. The van der Waals surface area contributed by atoms with Gasteiger partial charge in [-0.2, -0.15) is 4.31 Å². The lowest BCUT2D eigenvalue weighted by molar-refractivity contribution is 0.335. The van der Waals surface area contributed by atoms with Crippen LogP contribution in [0, 0.1) is 6.92 Å². The average molecular weight is 366 g/mol. The first kappa shape index (κ1) is 15.5. The van der Waals surface area contributed by atoms with Gasteiger partial charge in [0.05, 0.1) is 8.68 Å². The summed E-state index contributed by atoms with van der Waals surface area (Å²) in [6.45, 7) is 1.86. The fourth-order valence-electron chi connectivity index (χ4n) is 2.66. The van der Waals surface area contributed by atoms with E-state index in [1.54, 1.807) is 17.4 Å². The Kier molecular flexibility index (Phi) is 5.09. The summed E-state index contributed by atoms with van der Waals surface area (Å²) in [5.41, 5.74) is 0. The maximum Gasteiger partial charge on any atom is 0.244 e. The first-order valence-corrected chi connectivity index (χ1v) is 9.72. The SMILES string of the molecule is Cc1sc(Br)cc1S(=O)(=O)N(C)C1CCCCCC1. The Morgan fingerprint density at radius 1 is 1.26 bits per heavy atom. The number of rotatable bonds is 3. The van der Waals surface area contributed by atoms with Gasteiger partial charge in [0.25, 0.3) is 0 Å². The molecule has 0 aliphatic heterocycles. The van der Waals surface area contributed by atoms with E-state index in [9.17, 15) is 8.42 Å². The Morgan fingerprint density at radius 2 is 1.84 bits per heavy atom. The topological polar surface area (TPSA) is 37.4 Å². The van der Waals surface area contributed by atoms with Crippen LogP contribution in [0.25, 0.3) is 0 Å². The van der Waals surface area contributed by atoms with Crippen LogP contribution in [0.3, 0.4) is 0 Å². The summed E-state index contributed by atoms with van der Waals surface area (Å²) in [5.74, 6) is 0. The Balaban J connectivity index is 2.25. The molecule has 1 aliphatic rings. The molecular weight excluding hydrogens is 346 g/mol. The van der Waals surface area contributed by atoms with Crippen LogP contribution in [-0.2, 0) is 10.0 Å². The molecule has 1 fully saturated rings. The summed E-state index contributed by atoms with van der Waals surface area (Å²) < 4.78 is 27.8. The predicted octanol–water partition coefficient (Wildman–Crippen LogP) is 4.16. The summed E-state index contributed by atoms with van der Waals surface area (Å²) in [5, 5.41) is 0. The van der Waals surface area contributed by atoms with Gasteiger partial charge in [-0.15, -0.1) is 11.3 Å². The van der Waals surface area contributed by atoms with Crippen molar-refractivity contribution < 1.29 is 8.42 Å². The van der Waals surface area contributed by atoms with Crippen molar-refractivity contribution in [2.75, 3.05) is 7.05 Å². The van der Waals surface area contributed by atoms with Crippen molar-refractivity contribution in [3.05, 3.63) is 14.7 Å². The molecule has 0 N–H and O–H groups in total. The van der Waals surface area contributed by atoms with Crippen LogP contribution >= 0.6 is 27.3 Å². The lowest BCUT2D eigenvalue weighted by Gasteiger charge is -2.26. The Labute approximate surface area is 128 Å². The van der Waals surface area contributed by atoms with E-state index in [-0.39, 0.29) is 6.04 Å². The van der Waals surface area contributed by atoms with Gasteiger partial charge in [-0.05, 0) is 41.8 Å². The van der Waals surface area contributed by atoms with E-state index in [1.165, 1.54) is 24.2 Å². The maximum atomic E-state index is 12.7. The van der Waals surface area contributed by atoms with Gasteiger partial charge in [-0.25, -0.2) is 8.42 Å². The molecule has 1 heterocycles. The third kappa shape index (κ3) is 3.40. The van der Waals surface area contributed by atoms with Crippen molar-refractivity contribution in [2.24, 2.45) is 0 Å². The summed E-state index contributed by atoms with van der Waals surface area (Å²) in [7, 11) is -1.62. The molecule has 0 atom stereocenters. The van der Waals surface area contributed by atoms with Crippen molar-refractivity contribution in [2.45, 2.75) is 56.4 Å². The highest BCUT2D eigenvalue weighted by Crippen LogP contribution is 2.33. The molecule has 2 rings (SSSR count). The zero-order valence-corrected chi connectivity index (χ0v) is 14.6. The van der Waals surface area contributed by atoms with Crippen LogP contribution in [0.4, 0.5) is 0 Å². The number of hydrogen-bond donors (Lipinski definition) is 0. The Morgan fingerprint density at radius 3 is 2.32 bits per heavy atom. The molecule has 19 heavy (non-hydrogen) atoms. The molecule has 0 amide bonds. The predicted molar refractivity (Wildman–Crippen MR) is 83.2 cm³/mol. The number of hydrogen-bond acceptors (Lipinski definition) is 3. The Hall–Kier alpha value is 0.0900. The minimum absolute atomic E-state index is 0.158. The monoisotopic (exact) mass is 365 g/mol. The van der Waals surface area contributed by atoms with Crippen LogP contribution < -0.4 is 0 Å². The second-order valence-electron chi connectivity index (χ2n) is 5.14. The van der Waals surface area contributed by atoms with E-state index in [2.05, 4.69) is 15.9 Å². The summed E-state index contributed by atoms with van der Waals surface area (Å²) in [4.78, 5) is 1.31. The zero-order valence-electron chi connectivity index (χ0n) is 11.4. The quantitative estimate of drug-likeness (QED) is 0.754. The molecule has 0 bridgehead atoms. The largest absolute Gasteiger partial charge is 0.244 e. The van der Waals surface area contributed by atoms with Crippen LogP contribution in [-0.4, -0.2) is 25.8 Å². The number of sulfonamides is 1. The summed E-state index contributed by atoms with van der Waals surface area (Å²) >= 11 is 4.84. The molecule has 108 valence electrons.